The first-order valence-electron chi connectivity index (χ1n) is 9.74. The van der Waals surface area contributed by atoms with Gasteiger partial charge in [-0.2, -0.15) is 0 Å². The summed E-state index contributed by atoms with van der Waals surface area (Å²) in [5, 5.41) is 6.88. The van der Waals surface area contributed by atoms with Crippen LogP contribution in [0.1, 0.15) is 11.3 Å². The van der Waals surface area contributed by atoms with Gasteiger partial charge in [0, 0.05) is 21.6 Å². The quantitative estimate of drug-likeness (QED) is 0.394. The second kappa shape index (κ2) is 8.05. The molecule has 5 aromatic rings. The Morgan fingerprint density at radius 3 is 2.30 bits per heavy atom. The largest absolute Gasteiger partial charge is 0.301 e. The first-order chi connectivity index (χ1) is 14.8. The normalized spacial score (nSPS) is 11.1. The number of benzene rings is 3. The molecule has 146 valence electrons. The van der Waals surface area contributed by atoms with E-state index in [1.165, 1.54) is 0 Å². The fourth-order valence-corrected chi connectivity index (χ4v) is 4.57. The zero-order valence-electron chi connectivity index (χ0n) is 16.1. The van der Waals surface area contributed by atoms with E-state index in [9.17, 15) is 4.79 Å². The number of hydrogen-bond acceptors (Lipinski definition) is 3. The summed E-state index contributed by atoms with van der Waals surface area (Å²) in [6.07, 6.45) is 0.630. The Bertz CT molecular complexity index is 1360. The zero-order chi connectivity index (χ0) is 20.3. The lowest BCUT2D eigenvalue weighted by Gasteiger charge is -2.10. The van der Waals surface area contributed by atoms with Crippen LogP contribution in [0.2, 0.25) is 0 Å². The number of hydrogen-bond donors (Lipinski definition) is 2. The third-order valence-corrected chi connectivity index (χ3v) is 6.05. The van der Waals surface area contributed by atoms with Crippen LogP contribution >= 0.6 is 11.8 Å². The highest BCUT2D eigenvalue weighted by Gasteiger charge is 2.17. The molecular weight excluding hydrogens is 390 g/mol. The van der Waals surface area contributed by atoms with E-state index < -0.39 is 0 Å². The topological polar surface area (TPSA) is 61.5 Å². The van der Waals surface area contributed by atoms with Crippen molar-refractivity contribution in [3.8, 4) is 11.3 Å². The standard InChI is InChI=1S/C25H19N3OS/c29-25-24(22(27-28-25)15-17-9-3-1-4-10-17)21-16-23(30-18-11-5-2-6-12-18)19-13-7-8-14-20(19)26-21/h1-14,16H,15H2,(H2,27,28,29). The Hall–Kier alpha value is -3.57. The predicted molar refractivity (Wildman–Crippen MR) is 122 cm³/mol. The molecule has 0 unspecified atom stereocenters. The number of nitrogens with one attached hydrogen (secondary N) is 2. The molecule has 0 fully saturated rings. The minimum atomic E-state index is -0.153. The molecule has 3 aromatic carbocycles. The van der Waals surface area contributed by atoms with Gasteiger partial charge >= 0.3 is 0 Å². The molecule has 5 heteroatoms. The number of nitrogens with zero attached hydrogens (tertiary/aromatic N) is 1. The molecule has 2 aromatic heterocycles. The van der Waals surface area contributed by atoms with Crippen LogP contribution in [0.15, 0.2) is 106 Å². The maximum Gasteiger partial charge on any atom is 0.273 e. The van der Waals surface area contributed by atoms with E-state index in [2.05, 4.69) is 40.5 Å². The van der Waals surface area contributed by atoms with Gasteiger partial charge in [0.05, 0.1) is 22.5 Å². The number of rotatable bonds is 5. The smallest absolute Gasteiger partial charge is 0.273 e. The minimum Gasteiger partial charge on any atom is -0.301 e. The van der Waals surface area contributed by atoms with Crippen LogP contribution in [-0.2, 0) is 6.42 Å². The second-order valence-corrected chi connectivity index (χ2v) is 8.15. The third kappa shape index (κ3) is 3.67. The molecule has 2 heterocycles. The van der Waals surface area contributed by atoms with Gasteiger partial charge in [0.2, 0.25) is 0 Å². The molecule has 30 heavy (non-hydrogen) atoms. The Morgan fingerprint density at radius 2 is 1.50 bits per heavy atom. The fraction of sp³-hybridized carbons (Fsp3) is 0.0400. The van der Waals surface area contributed by atoms with Crippen molar-refractivity contribution in [2.45, 2.75) is 16.2 Å². The van der Waals surface area contributed by atoms with Crippen molar-refractivity contribution in [2.24, 2.45) is 0 Å². The molecule has 0 aliphatic rings. The van der Waals surface area contributed by atoms with Crippen molar-refractivity contribution < 1.29 is 0 Å². The summed E-state index contributed by atoms with van der Waals surface area (Å²) in [4.78, 5) is 19.8. The van der Waals surface area contributed by atoms with E-state index in [-0.39, 0.29) is 5.56 Å². The molecule has 0 aliphatic carbocycles. The number of H-pyrrole nitrogens is 2. The van der Waals surface area contributed by atoms with Gasteiger partial charge in [0.15, 0.2) is 0 Å². The molecule has 0 bridgehead atoms. The summed E-state index contributed by atoms with van der Waals surface area (Å²) < 4.78 is 0. The lowest BCUT2D eigenvalue weighted by Crippen LogP contribution is -2.04. The molecule has 0 spiro atoms. The van der Waals surface area contributed by atoms with Crippen molar-refractivity contribution in [1.82, 2.24) is 15.2 Å². The summed E-state index contributed by atoms with van der Waals surface area (Å²) in [5.74, 6) is 0. The molecule has 0 saturated carbocycles. The maximum absolute atomic E-state index is 12.7. The van der Waals surface area contributed by atoms with Crippen LogP contribution in [0, 0.1) is 0 Å². The summed E-state index contributed by atoms with van der Waals surface area (Å²) in [6.45, 7) is 0. The van der Waals surface area contributed by atoms with Crippen LogP contribution < -0.4 is 5.56 Å². The molecule has 0 saturated heterocycles. The maximum atomic E-state index is 12.7. The lowest BCUT2D eigenvalue weighted by molar-refractivity contribution is 0.983. The first-order valence-corrected chi connectivity index (χ1v) is 10.6. The van der Waals surface area contributed by atoms with Gasteiger partial charge < -0.3 is 5.10 Å². The number of aromatic amines is 2. The average molecular weight is 410 g/mol. The van der Waals surface area contributed by atoms with Gasteiger partial charge in [-0.05, 0) is 29.8 Å². The molecule has 0 atom stereocenters. The second-order valence-electron chi connectivity index (χ2n) is 7.03. The third-order valence-electron chi connectivity index (χ3n) is 4.98. The van der Waals surface area contributed by atoms with Gasteiger partial charge in [0.25, 0.3) is 5.56 Å². The van der Waals surface area contributed by atoms with Gasteiger partial charge in [0.1, 0.15) is 0 Å². The number of pyridine rings is 1. The number of fused-ring (bicyclic) bond motifs is 1. The van der Waals surface area contributed by atoms with Crippen molar-refractivity contribution in [3.63, 3.8) is 0 Å². The van der Waals surface area contributed by atoms with Crippen molar-refractivity contribution in [3.05, 3.63) is 113 Å². The minimum absolute atomic E-state index is 0.153. The SMILES string of the molecule is O=c1[nH][nH]c(Cc2ccccc2)c1-c1cc(Sc2ccccc2)c2ccccc2n1. The van der Waals surface area contributed by atoms with Gasteiger partial charge in [-0.25, -0.2) is 4.98 Å². The highest BCUT2D eigenvalue weighted by atomic mass is 32.2. The average Bonchev–Trinajstić information content (AvgIpc) is 3.15. The highest BCUT2D eigenvalue weighted by molar-refractivity contribution is 7.99. The Balaban J connectivity index is 1.64. The van der Waals surface area contributed by atoms with Gasteiger partial charge in [-0.3, -0.25) is 9.89 Å². The molecule has 0 aliphatic heterocycles. The zero-order valence-corrected chi connectivity index (χ0v) is 16.9. The van der Waals surface area contributed by atoms with E-state index in [1.54, 1.807) is 11.8 Å². The summed E-state index contributed by atoms with van der Waals surface area (Å²) in [5.41, 5.74) is 3.97. The van der Waals surface area contributed by atoms with E-state index in [4.69, 9.17) is 4.98 Å². The molecule has 5 rings (SSSR count). The summed E-state index contributed by atoms with van der Waals surface area (Å²) >= 11 is 1.68. The van der Waals surface area contributed by atoms with Crippen molar-refractivity contribution >= 4 is 22.7 Å². The molecule has 0 radical (unpaired) electrons. The van der Waals surface area contributed by atoms with Crippen molar-refractivity contribution in [2.75, 3.05) is 0 Å². The lowest BCUT2D eigenvalue weighted by atomic mass is 10.0. The monoisotopic (exact) mass is 409 g/mol. The molecular formula is C25H19N3OS. The summed E-state index contributed by atoms with van der Waals surface area (Å²) in [6, 6.07) is 30.4. The van der Waals surface area contributed by atoms with Crippen LogP contribution in [0.25, 0.3) is 22.2 Å². The Morgan fingerprint density at radius 1 is 0.800 bits per heavy atom. The van der Waals surface area contributed by atoms with Gasteiger partial charge in [-0.15, -0.1) is 0 Å². The Labute approximate surface area is 178 Å². The number of para-hydroxylation sites is 1. The highest BCUT2D eigenvalue weighted by Crippen LogP contribution is 2.35. The Kier molecular flexibility index (Phi) is 4.95. The van der Waals surface area contributed by atoms with Gasteiger partial charge in [-0.1, -0.05) is 78.5 Å². The van der Waals surface area contributed by atoms with Crippen LogP contribution in [0.3, 0.4) is 0 Å². The first kappa shape index (κ1) is 18.5. The van der Waals surface area contributed by atoms with E-state index in [1.807, 2.05) is 60.7 Å². The predicted octanol–water partition coefficient (Wildman–Crippen LogP) is 5.66. The van der Waals surface area contributed by atoms with Crippen molar-refractivity contribution in [1.29, 1.82) is 0 Å². The number of aromatic nitrogens is 3. The van der Waals surface area contributed by atoms with E-state index >= 15 is 0 Å². The fourth-order valence-electron chi connectivity index (χ4n) is 3.57. The molecule has 0 amide bonds. The van der Waals surface area contributed by atoms with Crippen LogP contribution in [0.5, 0.6) is 0 Å². The van der Waals surface area contributed by atoms with Crippen LogP contribution in [-0.4, -0.2) is 15.2 Å². The van der Waals surface area contributed by atoms with E-state index in [0.717, 1.165) is 32.0 Å². The summed E-state index contributed by atoms with van der Waals surface area (Å²) in [7, 11) is 0. The molecule has 2 N–H and O–H groups in total. The van der Waals surface area contributed by atoms with E-state index in [0.29, 0.717) is 17.7 Å². The molecule has 4 nitrogen and oxygen atoms in total. The van der Waals surface area contributed by atoms with Crippen LogP contribution in [0.4, 0.5) is 0 Å².